The van der Waals surface area contributed by atoms with E-state index in [9.17, 15) is 14.9 Å². The van der Waals surface area contributed by atoms with Crippen molar-refractivity contribution in [2.75, 3.05) is 18.6 Å². The van der Waals surface area contributed by atoms with Gasteiger partial charge in [0.1, 0.15) is 11.6 Å². The number of ether oxygens (including phenoxy) is 2. The van der Waals surface area contributed by atoms with Gasteiger partial charge in [0.2, 0.25) is 0 Å². The first-order chi connectivity index (χ1) is 17.0. The number of aromatic amines is 1. The third kappa shape index (κ3) is 5.07. The van der Waals surface area contributed by atoms with Crippen LogP contribution >= 0.6 is 0 Å². The van der Waals surface area contributed by atoms with E-state index in [0.29, 0.717) is 28.3 Å². The highest BCUT2D eigenvalue weighted by Gasteiger charge is 2.20. The Hall–Kier alpha value is -4.83. The number of hydrogen-bond acceptors (Lipinski definition) is 5. The molecule has 0 saturated carbocycles. The first-order valence-corrected chi connectivity index (χ1v) is 10.9. The minimum absolute atomic E-state index is 0.0165. The molecule has 4 rings (SSSR count). The summed E-state index contributed by atoms with van der Waals surface area (Å²) in [6.07, 6.45) is 0. The number of carbonyl (C=O) groups is 1. The molecule has 1 heterocycles. The van der Waals surface area contributed by atoms with Crippen LogP contribution in [0.1, 0.15) is 11.3 Å². The van der Waals surface area contributed by atoms with Crippen LogP contribution in [0, 0.1) is 18.3 Å². The lowest BCUT2D eigenvalue weighted by atomic mass is 10.0. The van der Waals surface area contributed by atoms with Crippen LogP contribution in [0.3, 0.4) is 0 Å². The van der Waals surface area contributed by atoms with Gasteiger partial charge in [-0.25, -0.2) is 0 Å². The molecule has 0 atom stereocenters. The van der Waals surface area contributed by atoms with Crippen molar-refractivity contribution in [3.8, 4) is 28.7 Å². The number of benzene rings is 3. The molecule has 3 aromatic carbocycles. The van der Waals surface area contributed by atoms with E-state index in [-0.39, 0.29) is 18.1 Å². The number of rotatable bonds is 7. The highest BCUT2D eigenvalue weighted by molar-refractivity contribution is 6.01. The molecular formula is C28H23N3O4. The van der Waals surface area contributed by atoms with Crippen LogP contribution in [0.15, 0.2) is 89.7 Å². The van der Waals surface area contributed by atoms with Crippen LogP contribution in [0.25, 0.3) is 11.1 Å². The molecule has 174 valence electrons. The van der Waals surface area contributed by atoms with Crippen LogP contribution in [-0.2, 0) is 4.79 Å². The van der Waals surface area contributed by atoms with Gasteiger partial charge < -0.3 is 14.5 Å². The van der Waals surface area contributed by atoms with E-state index < -0.39 is 5.56 Å². The molecule has 0 unspecified atom stereocenters. The lowest BCUT2D eigenvalue weighted by molar-refractivity contribution is -0.119. The summed E-state index contributed by atoms with van der Waals surface area (Å²) in [4.78, 5) is 29.7. The largest absolute Gasteiger partial charge is 0.493 e. The Bertz CT molecular complexity index is 1400. The van der Waals surface area contributed by atoms with Crippen molar-refractivity contribution in [3.63, 3.8) is 0 Å². The number of aryl methyl sites for hydroxylation is 1. The van der Waals surface area contributed by atoms with Crippen LogP contribution in [0.4, 0.5) is 11.4 Å². The molecule has 7 heteroatoms. The number of nitrogens with zero attached hydrogens (tertiary/aromatic N) is 2. The summed E-state index contributed by atoms with van der Waals surface area (Å²) in [5.74, 6) is 0.486. The number of nitriles is 1. The van der Waals surface area contributed by atoms with E-state index in [1.165, 1.54) is 7.11 Å². The van der Waals surface area contributed by atoms with Gasteiger partial charge in [-0.3, -0.25) is 14.5 Å². The Balaban J connectivity index is 1.61. The zero-order valence-electron chi connectivity index (χ0n) is 19.3. The normalized spacial score (nSPS) is 10.3. The summed E-state index contributed by atoms with van der Waals surface area (Å²) in [5.41, 5.74) is 2.77. The number of anilines is 2. The second-order valence-electron chi connectivity index (χ2n) is 7.74. The van der Waals surface area contributed by atoms with Gasteiger partial charge in [-0.1, -0.05) is 42.5 Å². The van der Waals surface area contributed by atoms with E-state index in [1.54, 1.807) is 36.1 Å². The van der Waals surface area contributed by atoms with Crippen LogP contribution in [-0.4, -0.2) is 24.6 Å². The van der Waals surface area contributed by atoms with Crippen molar-refractivity contribution < 1.29 is 14.3 Å². The molecule has 1 aromatic heterocycles. The average molecular weight is 466 g/mol. The Morgan fingerprint density at radius 2 is 1.57 bits per heavy atom. The fraction of sp³-hybridized carbons (Fsp3) is 0.107. The molecule has 0 aliphatic carbocycles. The van der Waals surface area contributed by atoms with Gasteiger partial charge in [-0.2, -0.15) is 5.26 Å². The molecule has 0 aliphatic heterocycles. The number of H-pyrrole nitrogens is 1. The van der Waals surface area contributed by atoms with E-state index in [2.05, 4.69) is 4.98 Å². The molecule has 4 aromatic rings. The van der Waals surface area contributed by atoms with Crippen molar-refractivity contribution in [2.24, 2.45) is 0 Å². The second-order valence-corrected chi connectivity index (χ2v) is 7.74. The molecule has 7 nitrogen and oxygen atoms in total. The SMILES string of the molecule is COc1cc(-c2cc(C)[nH]c(=O)c2C#N)ccc1OCC(=O)N(c1ccccc1)c1ccccc1. The molecule has 0 radical (unpaired) electrons. The average Bonchev–Trinajstić information content (AvgIpc) is 2.88. The predicted octanol–water partition coefficient (Wildman–Crippen LogP) is 4.97. The lowest BCUT2D eigenvalue weighted by Crippen LogP contribution is -2.30. The molecule has 0 bridgehead atoms. The Morgan fingerprint density at radius 1 is 0.943 bits per heavy atom. The highest BCUT2D eigenvalue weighted by atomic mass is 16.5. The first-order valence-electron chi connectivity index (χ1n) is 10.9. The lowest BCUT2D eigenvalue weighted by Gasteiger charge is -2.23. The van der Waals surface area contributed by atoms with Gasteiger partial charge in [0.05, 0.1) is 7.11 Å². The third-order valence-corrected chi connectivity index (χ3v) is 5.38. The van der Waals surface area contributed by atoms with E-state index in [0.717, 1.165) is 11.4 Å². The summed E-state index contributed by atoms with van der Waals surface area (Å²) < 4.78 is 11.3. The van der Waals surface area contributed by atoms with Gasteiger partial charge in [0.25, 0.3) is 11.5 Å². The van der Waals surface area contributed by atoms with Gasteiger partial charge in [0, 0.05) is 22.6 Å². The summed E-state index contributed by atoms with van der Waals surface area (Å²) in [5, 5.41) is 9.45. The van der Waals surface area contributed by atoms with Crippen LogP contribution in [0.2, 0.25) is 0 Å². The summed E-state index contributed by atoms with van der Waals surface area (Å²) in [7, 11) is 1.49. The number of nitrogens with one attached hydrogen (secondary N) is 1. The number of para-hydroxylation sites is 2. The molecule has 0 aliphatic rings. The Labute approximate surface area is 202 Å². The quantitative estimate of drug-likeness (QED) is 0.416. The van der Waals surface area contributed by atoms with Crippen LogP contribution in [0.5, 0.6) is 11.5 Å². The predicted molar refractivity (Wildman–Crippen MR) is 134 cm³/mol. The van der Waals surface area contributed by atoms with Gasteiger partial charge >= 0.3 is 0 Å². The number of aromatic nitrogens is 1. The first kappa shape index (κ1) is 23.3. The fourth-order valence-electron chi connectivity index (χ4n) is 3.78. The van der Waals surface area contributed by atoms with E-state index in [4.69, 9.17) is 9.47 Å². The third-order valence-electron chi connectivity index (χ3n) is 5.38. The van der Waals surface area contributed by atoms with Gasteiger partial charge in [-0.05, 0) is 55.0 Å². The molecule has 0 spiro atoms. The summed E-state index contributed by atoms with van der Waals surface area (Å²) in [6, 6.07) is 27.4. The van der Waals surface area contributed by atoms with Crippen molar-refractivity contribution in [3.05, 3.63) is 107 Å². The maximum absolute atomic E-state index is 13.2. The summed E-state index contributed by atoms with van der Waals surface area (Å²) >= 11 is 0. The minimum Gasteiger partial charge on any atom is -0.493 e. The molecule has 0 saturated heterocycles. The maximum Gasteiger partial charge on any atom is 0.269 e. The minimum atomic E-state index is -0.450. The van der Waals surface area contributed by atoms with Crippen molar-refractivity contribution >= 4 is 17.3 Å². The maximum atomic E-state index is 13.2. The summed E-state index contributed by atoms with van der Waals surface area (Å²) in [6.45, 7) is 1.52. The van der Waals surface area contributed by atoms with E-state index >= 15 is 0 Å². The molecule has 1 N–H and O–H groups in total. The molecular weight excluding hydrogens is 442 g/mol. The zero-order chi connectivity index (χ0) is 24.8. The monoisotopic (exact) mass is 465 g/mol. The van der Waals surface area contributed by atoms with E-state index in [1.807, 2.05) is 66.7 Å². The van der Waals surface area contributed by atoms with Crippen molar-refractivity contribution in [1.82, 2.24) is 4.98 Å². The van der Waals surface area contributed by atoms with Crippen molar-refractivity contribution in [2.45, 2.75) is 6.92 Å². The Kier molecular flexibility index (Phi) is 6.94. The second kappa shape index (κ2) is 10.4. The number of pyridine rings is 1. The number of amides is 1. The highest BCUT2D eigenvalue weighted by Crippen LogP contribution is 2.34. The fourth-order valence-corrected chi connectivity index (χ4v) is 3.78. The number of hydrogen-bond donors (Lipinski definition) is 1. The zero-order valence-corrected chi connectivity index (χ0v) is 19.3. The van der Waals surface area contributed by atoms with Gasteiger partial charge in [-0.15, -0.1) is 0 Å². The molecule has 0 fully saturated rings. The van der Waals surface area contributed by atoms with Crippen molar-refractivity contribution in [1.29, 1.82) is 5.26 Å². The topological polar surface area (TPSA) is 95.4 Å². The number of methoxy groups -OCH3 is 1. The van der Waals surface area contributed by atoms with Crippen LogP contribution < -0.4 is 19.9 Å². The molecule has 1 amide bonds. The number of carbonyl (C=O) groups excluding carboxylic acids is 1. The smallest absolute Gasteiger partial charge is 0.269 e. The standard InChI is InChI=1S/C28H23N3O4/c1-19-15-23(24(17-29)28(33)30-19)20-13-14-25(26(16-20)34-2)35-18-27(32)31(21-9-5-3-6-10-21)22-11-7-4-8-12-22/h3-16H,18H2,1-2H3,(H,30,33). The van der Waals surface area contributed by atoms with Gasteiger partial charge in [0.15, 0.2) is 18.1 Å². The molecule has 35 heavy (non-hydrogen) atoms. The Morgan fingerprint density at radius 3 is 2.14 bits per heavy atom.